The molecule has 0 atom stereocenters. The van der Waals surface area contributed by atoms with Crippen molar-refractivity contribution in [3.8, 4) is 24.7 Å². The van der Waals surface area contributed by atoms with Crippen LogP contribution >= 0.6 is 0 Å². The van der Waals surface area contributed by atoms with Gasteiger partial charge in [0.2, 0.25) is 0 Å². The first kappa shape index (κ1) is 14.1. The third-order valence-corrected chi connectivity index (χ3v) is 2.21. The summed E-state index contributed by atoms with van der Waals surface area (Å²) in [7, 11) is 0. The summed E-state index contributed by atoms with van der Waals surface area (Å²) < 4.78 is 0. The number of aliphatic carboxylic acids is 1. The molecule has 0 heterocycles. The number of benzene rings is 1. The molecule has 19 heavy (non-hydrogen) atoms. The zero-order valence-corrected chi connectivity index (χ0v) is 10.0. The molecule has 0 aliphatic heterocycles. The average molecular weight is 253 g/mol. The zero-order chi connectivity index (χ0) is 14.3. The minimum atomic E-state index is -1.20. The maximum Gasteiger partial charge on any atom is 0.328 e. The molecule has 0 aromatic heterocycles. The molecule has 0 saturated heterocycles. The van der Waals surface area contributed by atoms with Gasteiger partial charge < -0.3 is 5.11 Å². The van der Waals surface area contributed by atoms with Gasteiger partial charge in [0.25, 0.3) is 5.91 Å². The van der Waals surface area contributed by atoms with E-state index in [4.69, 9.17) is 18.0 Å². The Morgan fingerprint density at radius 1 is 1.32 bits per heavy atom. The average Bonchev–Trinajstić information content (AvgIpc) is 2.42. The number of hydrogen-bond acceptors (Lipinski definition) is 2. The van der Waals surface area contributed by atoms with Crippen LogP contribution in [0.3, 0.4) is 0 Å². The van der Waals surface area contributed by atoms with Crippen molar-refractivity contribution >= 4 is 17.6 Å². The lowest BCUT2D eigenvalue weighted by atomic mass is 10.2. The summed E-state index contributed by atoms with van der Waals surface area (Å²) in [6.45, 7) is 0.0246. The number of nitrogens with zero attached hydrogens (tertiary/aromatic N) is 1. The van der Waals surface area contributed by atoms with E-state index in [0.29, 0.717) is 11.3 Å². The summed E-state index contributed by atoms with van der Waals surface area (Å²) in [6.07, 6.45) is 12.2. The highest BCUT2D eigenvalue weighted by atomic mass is 16.4. The van der Waals surface area contributed by atoms with Crippen molar-refractivity contribution in [3.05, 3.63) is 42.0 Å². The van der Waals surface area contributed by atoms with Crippen molar-refractivity contribution in [1.82, 2.24) is 0 Å². The number of anilines is 1. The van der Waals surface area contributed by atoms with Crippen LogP contribution in [0, 0.1) is 24.7 Å². The number of carboxylic acids is 1. The number of carboxylic acid groups (broad SMARTS) is 1. The van der Waals surface area contributed by atoms with Crippen LogP contribution in [0.5, 0.6) is 0 Å². The first-order valence-electron chi connectivity index (χ1n) is 5.31. The SMILES string of the molecule is C#CCN(C(=O)/C=C\C(=O)O)c1cccc(C#C)c1. The van der Waals surface area contributed by atoms with Crippen LogP contribution in [0.15, 0.2) is 36.4 Å². The molecule has 0 fully saturated rings. The Bertz CT molecular complexity index is 603. The third-order valence-electron chi connectivity index (χ3n) is 2.21. The van der Waals surface area contributed by atoms with Crippen molar-refractivity contribution in [3.63, 3.8) is 0 Å². The van der Waals surface area contributed by atoms with E-state index in [1.54, 1.807) is 24.3 Å². The molecule has 4 heteroatoms. The molecule has 0 spiro atoms. The molecule has 1 N–H and O–H groups in total. The molecule has 0 radical (unpaired) electrons. The van der Waals surface area contributed by atoms with Crippen molar-refractivity contribution < 1.29 is 14.7 Å². The van der Waals surface area contributed by atoms with Gasteiger partial charge in [-0.2, -0.15) is 0 Å². The topological polar surface area (TPSA) is 57.6 Å². The smallest absolute Gasteiger partial charge is 0.328 e. The predicted octanol–water partition coefficient (Wildman–Crippen LogP) is 1.27. The summed E-state index contributed by atoms with van der Waals surface area (Å²) in [5.74, 6) is 3.07. The summed E-state index contributed by atoms with van der Waals surface area (Å²) in [4.78, 5) is 23.5. The van der Waals surface area contributed by atoms with Crippen molar-refractivity contribution in [2.24, 2.45) is 0 Å². The van der Waals surface area contributed by atoms with E-state index < -0.39 is 11.9 Å². The van der Waals surface area contributed by atoms with Gasteiger partial charge in [-0.05, 0) is 18.2 Å². The van der Waals surface area contributed by atoms with Crippen LogP contribution in [0.2, 0.25) is 0 Å². The molecular formula is C15H11NO3. The summed E-state index contributed by atoms with van der Waals surface area (Å²) in [5, 5.41) is 8.50. The second kappa shape index (κ2) is 6.68. The number of amides is 1. The fourth-order valence-electron chi connectivity index (χ4n) is 1.38. The van der Waals surface area contributed by atoms with Crippen LogP contribution in [0.25, 0.3) is 0 Å². The lowest BCUT2D eigenvalue weighted by Crippen LogP contribution is -2.29. The van der Waals surface area contributed by atoms with E-state index in [0.717, 1.165) is 12.2 Å². The van der Waals surface area contributed by atoms with Crippen molar-refractivity contribution in [2.45, 2.75) is 0 Å². The molecule has 1 amide bonds. The Balaban J connectivity index is 3.07. The lowest BCUT2D eigenvalue weighted by Gasteiger charge is -2.18. The third kappa shape index (κ3) is 4.07. The Morgan fingerprint density at radius 2 is 2.05 bits per heavy atom. The molecule has 0 bridgehead atoms. The normalized spacial score (nSPS) is 9.58. The maximum absolute atomic E-state index is 11.9. The molecule has 0 aliphatic rings. The van der Waals surface area contributed by atoms with Gasteiger partial charge in [0.1, 0.15) is 0 Å². The van der Waals surface area contributed by atoms with Gasteiger partial charge in [-0.3, -0.25) is 9.69 Å². The Morgan fingerprint density at radius 3 is 2.63 bits per heavy atom. The minimum absolute atomic E-state index is 0.0246. The first-order chi connectivity index (χ1) is 9.08. The quantitative estimate of drug-likeness (QED) is 0.649. The highest BCUT2D eigenvalue weighted by molar-refractivity contribution is 6.04. The van der Waals surface area contributed by atoms with E-state index in [2.05, 4.69) is 11.8 Å². The van der Waals surface area contributed by atoms with Gasteiger partial charge in [0, 0.05) is 23.4 Å². The van der Waals surface area contributed by atoms with E-state index in [1.165, 1.54) is 4.90 Å². The van der Waals surface area contributed by atoms with Crippen LogP contribution in [-0.2, 0) is 9.59 Å². The number of carbonyl (C=O) groups is 2. The predicted molar refractivity (Wildman–Crippen MR) is 72.3 cm³/mol. The molecule has 1 aromatic carbocycles. The molecule has 1 rings (SSSR count). The molecule has 94 valence electrons. The van der Waals surface area contributed by atoms with Gasteiger partial charge in [0.15, 0.2) is 0 Å². The van der Waals surface area contributed by atoms with Gasteiger partial charge in [-0.25, -0.2) is 4.79 Å². The number of carbonyl (C=O) groups excluding carboxylic acids is 1. The van der Waals surface area contributed by atoms with Crippen LogP contribution in [-0.4, -0.2) is 23.5 Å². The highest BCUT2D eigenvalue weighted by Gasteiger charge is 2.12. The Hall–Kier alpha value is -2.98. The molecule has 0 saturated carbocycles. The fraction of sp³-hybridized carbons (Fsp3) is 0.0667. The Labute approximate surface area is 111 Å². The molecule has 0 unspecified atom stereocenters. The van der Waals surface area contributed by atoms with Crippen LogP contribution < -0.4 is 4.90 Å². The standard InChI is InChI=1S/C15H11NO3/c1-3-10-16(14(17)8-9-15(18)19)13-7-5-6-12(4-2)11-13/h1-2,5-9,11H,10H2,(H,18,19)/b9-8-. The van der Waals surface area contributed by atoms with Gasteiger partial charge in [-0.15, -0.1) is 12.8 Å². The van der Waals surface area contributed by atoms with Crippen molar-refractivity contribution in [2.75, 3.05) is 11.4 Å². The molecule has 4 nitrogen and oxygen atoms in total. The monoisotopic (exact) mass is 253 g/mol. The van der Waals surface area contributed by atoms with E-state index in [-0.39, 0.29) is 6.54 Å². The maximum atomic E-state index is 11.9. The number of rotatable bonds is 4. The van der Waals surface area contributed by atoms with E-state index >= 15 is 0 Å². The van der Waals surface area contributed by atoms with E-state index in [9.17, 15) is 9.59 Å². The molecular weight excluding hydrogens is 242 g/mol. The second-order valence-corrected chi connectivity index (χ2v) is 3.49. The van der Waals surface area contributed by atoms with Crippen LogP contribution in [0.4, 0.5) is 5.69 Å². The molecule has 0 aliphatic carbocycles. The van der Waals surface area contributed by atoms with Gasteiger partial charge in [0.05, 0.1) is 6.54 Å². The highest BCUT2D eigenvalue weighted by Crippen LogP contribution is 2.16. The zero-order valence-electron chi connectivity index (χ0n) is 10.0. The van der Waals surface area contributed by atoms with Gasteiger partial charge >= 0.3 is 5.97 Å². The van der Waals surface area contributed by atoms with Crippen molar-refractivity contribution in [1.29, 1.82) is 0 Å². The minimum Gasteiger partial charge on any atom is -0.478 e. The van der Waals surface area contributed by atoms with Gasteiger partial charge in [-0.1, -0.05) is 17.9 Å². The largest absolute Gasteiger partial charge is 0.478 e. The second-order valence-electron chi connectivity index (χ2n) is 3.49. The number of hydrogen-bond donors (Lipinski definition) is 1. The summed E-state index contributed by atoms with van der Waals surface area (Å²) >= 11 is 0. The lowest BCUT2D eigenvalue weighted by molar-refractivity contribution is -0.131. The van der Waals surface area contributed by atoms with E-state index in [1.807, 2.05) is 0 Å². The first-order valence-corrected chi connectivity index (χ1v) is 5.31. The fourth-order valence-corrected chi connectivity index (χ4v) is 1.38. The summed E-state index contributed by atoms with van der Waals surface area (Å²) in [5.41, 5.74) is 1.13. The summed E-state index contributed by atoms with van der Waals surface area (Å²) in [6, 6.07) is 6.71. The Kier molecular flexibility index (Phi) is 4.95. The molecule has 1 aromatic rings. The van der Waals surface area contributed by atoms with Crippen LogP contribution in [0.1, 0.15) is 5.56 Å². The number of terminal acetylenes is 2.